The summed E-state index contributed by atoms with van der Waals surface area (Å²) in [5.74, 6) is -0.0216. The normalized spacial score (nSPS) is 29.3. The van der Waals surface area contributed by atoms with Crippen molar-refractivity contribution >= 4 is 15.9 Å². The summed E-state index contributed by atoms with van der Waals surface area (Å²) in [4.78, 5) is 0. The number of rotatable bonds is 3. The van der Waals surface area contributed by atoms with E-state index < -0.39 is 10.0 Å². The van der Waals surface area contributed by atoms with Gasteiger partial charge in [0, 0.05) is 6.54 Å². The smallest absolute Gasteiger partial charge is 0.217 e. The molecule has 1 saturated heterocycles. The molecule has 1 aliphatic heterocycles. The lowest BCUT2D eigenvalue weighted by Gasteiger charge is -2.22. The van der Waals surface area contributed by atoms with E-state index in [4.69, 9.17) is 11.1 Å². The fraction of sp³-hybridized carbons (Fsp3) is 0.875. The summed E-state index contributed by atoms with van der Waals surface area (Å²) in [6.45, 7) is 0.531. The highest BCUT2D eigenvalue weighted by Gasteiger charge is 2.45. The van der Waals surface area contributed by atoms with Gasteiger partial charge in [-0.05, 0) is 25.7 Å². The predicted molar refractivity (Wildman–Crippen MR) is 53.6 cm³/mol. The van der Waals surface area contributed by atoms with Crippen molar-refractivity contribution in [2.45, 2.75) is 37.0 Å². The molecule has 5 nitrogen and oxygen atoms in total. The first-order chi connectivity index (χ1) is 6.53. The molecule has 0 aromatic heterocycles. The van der Waals surface area contributed by atoms with Gasteiger partial charge in [0.2, 0.25) is 10.0 Å². The fourth-order valence-electron chi connectivity index (χ4n) is 1.91. The highest BCUT2D eigenvalue weighted by atomic mass is 32.2. The number of sulfonamides is 1. The van der Waals surface area contributed by atoms with Gasteiger partial charge in [0.25, 0.3) is 0 Å². The molecule has 1 aliphatic carbocycles. The number of nitrogens with zero attached hydrogens (tertiary/aromatic N) is 1. The summed E-state index contributed by atoms with van der Waals surface area (Å²) in [6.07, 6.45) is 3.05. The maximum absolute atomic E-state index is 11.9. The molecule has 1 unspecified atom stereocenters. The third kappa shape index (κ3) is 1.52. The fourth-order valence-corrected chi connectivity index (χ4v) is 3.98. The molecule has 1 saturated carbocycles. The van der Waals surface area contributed by atoms with Gasteiger partial charge in [0.15, 0.2) is 0 Å². The maximum atomic E-state index is 11.9. The lowest BCUT2D eigenvalue weighted by molar-refractivity contribution is 0.442. The second-order valence-corrected chi connectivity index (χ2v) is 6.13. The summed E-state index contributed by atoms with van der Waals surface area (Å²) in [5.41, 5.74) is 5.38. The van der Waals surface area contributed by atoms with Crippen LogP contribution in [0.1, 0.15) is 25.7 Å². The quantitative estimate of drug-likeness (QED) is 0.510. The third-order valence-corrected chi connectivity index (χ3v) is 5.24. The monoisotopic (exact) mass is 217 g/mol. The van der Waals surface area contributed by atoms with Gasteiger partial charge in [0.1, 0.15) is 5.84 Å². The maximum Gasteiger partial charge on any atom is 0.217 e. The zero-order valence-electron chi connectivity index (χ0n) is 7.94. The van der Waals surface area contributed by atoms with Crippen LogP contribution in [0.25, 0.3) is 0 Å². The first-order valence-electron chi connectivity index (χ1n) is 4.88. The van der Waals surface area contributed by atoms with Crippen LogP contribution in [-0.2, 0) is 10.0 Å². The van der Waals surface area contributed by atoms with Gasteiger partial charge in [0.05, 0.1) is 11.3 Å². The summed E-state index contributed by atoms with van der Waals surface area (Å²) >= 11 is 0. The zero-order chi connectivity index (χ0) is 10.3. The molecule has 0 radical (unpaired) electrons. The number of hydrogen-bond acceptors (Lipinski definition) is 3. The van der Waals surface area contributed by atoms with Gasteiger partial charge < -0.3 is 5.73 Å². The van der Waals surface area contributed by atoms with E-state index in [1.165, 1.54) is 4.31 Å². The lowest BCUT2D eigenvalue weighted by atomic mass is 10.2. The Balaban J connectivity index is 2.20. The predicted octanol–water partition coefficient (Wildman–Crippen LogP) is -0.121. The Morgan fingerprint density at radius 2 is 2.00 bits per heavy atom. The Morgan fingerprint density at radius 1 is 1.36 bits per heavy atom. The van der Waals surface area contributed by atoms with Gasteiger partial charge in [-0.2, -0.15) is 4.31 Å². The van der Waals surface area contributed by atoms with E-state index in [-0.39, 0.29) is 17.1 Å². The highest BCUT2D eigenvalue weighted by molar-refractivity contribution is 7.90. The Labute approximate surface area is 83.8 Å². The van der Waals surface area contributed by atoms with E-state index in [9.17, 15) is 8.42 Å². The van der Waals surface area contributed by atoms with E-state index in [2.05, 4.69) is 0 Å². The first-order valence-corrected chi connectivity index (χ1v) is 6.38. The van der Waals surface area contributed by atoms with Crippen LogP contribution in [0.4, 0.5) is 0 Å². The second-order valence-electron chi connectivity index (χ2n) is 3.97. The molecule has 3 N–H and O–H groups in total. The molecule has 6 heteroatoms. The molecule has 1 atom stereocenters. The average Bonchev–Trinajstić information content (AvgIpc) is 2.82. The first kappa shape index (κ1) is 9.92. The van der Waals surface area contributed by atoms with Crippen LogP contribution in [0.3, 0.4) is 0 Å². The number of nitrogens with one attached hydrogen (secondary N) is 1. The molecule has 2 aliphatic rings. The number of hydrogen-bond donors (Lipinski definition) is 2. The minimum atomic E-state index is -3.15. The standard InChI is InChI=1S/C8H15N3O2S/c9-8(10)7-2-1-5-11(7)14(12,13)6-3-4-6/h6-7H,1-5H2,(H3,9,10). The third-order valence-electron chi connectivity index (χ3n) is 2.84. The topological polar surface area (TPSA) is 87.2 Å². The molecular weight excluding hydrogens is 202 g/mol. The molecule has 0 spiro atoms. The van der Waals surface area contributed by atoms with Gasteiger partial charge >= 0.3 is 0 Å². The van der Waals surface area contributed by atoms with Crippen LogP contribution < -0.4 is 5.73 Å². The Morgan fingerprint density at radius 3 is 2.50 bits per heavy atom. The molecule has 80 valence electrons. The van der Waals surface area contributed by atoms with Crippen molar-refractivity contribution < 1.29 is 8.42 Å². The van der Waals surface area contributed by atoms with Crippen molar-refractivity contribution in [1.29, 1.82) is 5.41 Å². The van der Waals surface area contributed by atoms with Crippen molar-refractivity contribution in [2.75, 3.05) is 6.54 Å². The average molecular weight is 217 g/mol. The van der Waals surface area contributed by atoms with E-state index in [1.54, 1.807) is 0 Å². The number of nitrogens with two attached hydrogens (primary N) is 1. The summed E-state index contributed by atoms with van der Waals surface area (Å²) < 4.78 is 25.2. The molecular formula is C8H15N3O2S. The molecule has 2 rings (SSSR count). The van der Waals surface area contributed by atoms with Crippen molar-refractivity contribution in [3.05, 3.63) is 0 Å². The second kappa shape index (κ2) is 3.20. The summed E-state index contributed by atoms with van der Waals surface area (Å²) in [5, 5.41) is 7.14. The van der Waals surface area contributed by atoms with Crippen molar-refractivity contribution in [2.24, 2.45) is 5.73 Å². The van der Waals surface area contributed by atoms with Crippen LogP contribution in [0.5, 0.6) is 0 Å². The molecule has 0 amide bonds. The van der Waals surface area contributed by atoms with Crippen LogP contribution >= 0.6 is 0 Å². The SMILES string of the molecule is N=C(N)C1CCCN1S(=O)(=O)C1CC1. The van der Waals surface area contributed by atoms with E-state index in [0.29, 0.717) is 13.0 Å². The Kier molecular flexibility index (Phi) is 2.27. The zero-order valence-corrected chi connectivity index (χ0v) is 8.76. The van der Waals surface area contributed by atoms with Gasteiger partial charge in [-0.25, -0.2) is 8.42 Å². The van der Waals surface area contributed by atoms with Gasteiger partial charge in [-0.15, -0.1) is 0 Å². The largest absolute Gasteiger partial charge is 0.386 e. The molecule has 0 bridgehead atoms. The minimum absolute atomic E-state index is 0.0216. The van der Waals surface area contributed by atoms with Crippen molar-refractivity contribution in [1.82, 2.24) is 4.31 Å². The van der Waals surface area contributed by atoms with E-state index >= 15 is 0 Å². The molecule has 2 fully saturated rings. The van der Waals surface area contributed by atoms with Crippen molar-refractivity contribution in [3.8, 4) is 0 Å². The van der Waals surface area contributed by atoms with Crippen LogP contribution in [0.2, 0.25) is 0 Å². The summed E-state index contributed by atoms with van der Waals surface area (Å²) in [6, 6.07) is -0.374. The minimum Gasteiger partial charge on any atom is -0.386 e. The highest BCUT2D eigenvalue weighted by Crippen LogP contribution is 2.34. The lowest BCUT2D eigenvalue weighted by Crippen LogP contribution is -2.44. The Hall–Kier alpha value is -0.620. The van der Waals surface area contributed by atoms with E-state index in [0.717, 1.165) is 19.3 Å². The van der Waals surface area contributed by atoms with E-state index in [1.807, 2.05) is 0 Å². The van der Waals surface area contributed by atoms with Gasteiger partial charge in [-0.3, -0.25) is 5.41 Å². The van der Waals surface area contributed by atoms with Crippen LogP contribution in [0.15, 0.2) is 0 Å². The molecule has 14 heavy (non-hydrogen) atoms. The van der Waals surface area contributed by atoms with Gasteiger partial charge in [-0.1, -0.05) is 0 Å². The van der Waals surface area contributed by atoms with Crippen LogP contribution in [-0.4, -0.2) is 36.4 Å². The summed E-state index contributed by atoms with van der Waals surface area (Å²) in [7, 11) is -3.15. The molecule has 0 aromatic rings. The van der Waals surface area contributed by atoms with Crippen LogP contribution in [0, 0.1) is 5.41 Å². The molecule has 0 aromatic carbocycles. The van der Waals surface area contributed by atoms with Crippen molar-refractivity contribution in [3.63, 3.8) is 0 Å². The number of amidine groups is 1. The molecule has 1 heterocycles. The Bertz CT molecular complexity index is 348.